The largest absolute Gasteiger partial charge is 0.368 e. The van der Waals surface area contributed by atoms with Crippen LogP contribution in [0.3, 0.4) is 0 Å². The second-order valence-corrected chi connectivity index (χ2v) is 4.69. The van der Waals surface area contributed by atoms with Gasteiger partial charge >= 0.3 is 0 Å². The van der Waals surface area contributed by atoms with Crippen LogP contribution < -0.4 is 11.5 Å². The van der Waals surface area contributed by atoms with Crippen molar-refractivity contribution in [1.82, 2.24) is 0 Å². The van der Waals surface area contributed by atoms with E-state index in [1.165, 1.54) is 0 Å². The molecule has 0 unspecified atom stereocenters. The number of halogens is 1. The Morgan fingerprint density at radius 3 is 2.17 bits per heavy atom. The van der Waals surface area contributed by atoms with E-state index >= 15 is 0 Å². The Morgan fingerprint density at radius 1 is 1.50 bits per heavy atom. The van der Waals surface area contributed by atoms with Gasteiger partial charge in [-0.1, -0.05) is 0 Å². The first kappa shape index (κ1) is 14.2. The third-order valence-corrected chi connectivity index (χ3v) is 2.14. The molecule has 12 heavy (non-hydrogen) atoms. The third-order valence-electron chi connectivity index (χ3n) is 1.17. The SMILES string of the molecule is CS(=O)(=O)CC[C@H](N)C(N)=O.Cl. The van der Waals surface area contributed by atoms with Gasteiger partial charge in [-0.25, -0.2) is 8.42 Å². The molecule has 1 amide bonds. The molecular weight excluding hydrogens is 204 g/mol. The van der Waals surface area contributed by atoms with Gasteiger partial charge in [0.1, 0.15) is 9.84 Å². The maximum absolute atomic E-state index is 10.6. The molecule has 0 aromatic carbocycles. The molecule has 0 aromatic rings. The van der Waals surface area contributed by atoms with E-state index in [0.29, 0.717) is 0 Å². The molecule has 0 heterocycles. The molecule has 7 heteroatoms. The van der Waals surface area contributed by atoms with Crippen LogP contribution in [0.5, 0.6) is 0 Å². The van der Waals surface area contributed by atoms with Crippen LogP contribution in [-0.2, 0) is 14.6 Å². The zero-order valence-corrected chi connectivity index (χ0v) is 8.32. The average Bonchev–Trinajstić information content (AvgIpc) is 1.80. The number of nitrogens with two attached hydrogens (primary N) is 2. The molecule has 0 saturated carbocycles. The summed E-state index contributed by atoms with van der Waals surface area (Å²) in [4.78, 5) is 10.3. The van der Waals surface area contributed by atoms with Crippen LogP contribution in [0.2, 0.25) is 0 Å². The fourth-order valence-electron chi connectivity index (χ4n) is 0.483. The fraction of sp³-hybridized carbons (Fsp3) is 0.800. The molecule has 0 aliphatic heterocycles. The summed E-state index contributed by atoms with van der Waals surface area (Å²) < 4.78 is 21.1. The average molecular weight is 217 g/mol. The minimum Gasteiger partial charge on any atom is -0.368 e. The molecule has 4 N–H and O–H groups in total. The number of carbonyl (C=O) groups excluding carboxylic acids is 1. The maximum atomic E-state index is 10.6. The summed E-state index contributed by atoms with van der Waals surface area (Å²) in [5.41, 5.74) is 9.99. The minimum atomic E-state index is -3.04. The molecule has 0 spiro atoms. The summed E-state index contributed by atoms with van der Waals surface area (Å²) in [6, 6.07) is -0.857. The zero-order chi connectivity index (χ0) is 9.07. The quantitative estimate of drug-likeness (QED) is 0.607. The Labute approximate surface area is 77.8 Å². The van der Waals surface area contributed by atoms with E-state index in [4.69, 9.17) is 11.5 Å². The predicted octanol–water partition coefficient (Wildman–Crippen LogP) is -1.34. The van der Waals surface area contributed by atoms with Crippen molar-refractivity contribution in [3.05, 3.63) is 0 Å². The molecule has 0 aliphatic carbocycles. The first-order valence-corrected chi connectivity index (χ1v) is 5.11. The van der Waals surface area contributed by atoms with Crippen molar-refractivity contribution in [3.8, 4) is 0 Å². The Bertz CT molecular complexity index is 239. The highest BCUT2D eigenvalue weighted by molar-refractivity contribution is 7.90. The lowest BCUT2D eigenvalue weighted by molar-refractivity contribution is -0.119. The molecule has 0 aromatic heterocycles. The van der Waals surface area contributed by atoms with Crippen molar-refractivity contribution in [3.63, 3.8) is 0 Å². The first-order chi connectivity index (χ1) is 4.83. The number of carbonyl (C=O) groups is 1. The van der Waals surface area contributed by atoms with Crippen LogP contribution in [0.25, 0.3) is 0 Å². The fourth-order valence-corrected chi connectivity index (χ4v) is 1.17. The Balaban J connectivity index is 0. The van der Waals surface area contributed by atoms with E-state index in [2.05, 4.69) is 0 Å². The van der Waals surface area contributed by atoms with Gasteiger partial charge in [0.05, 0.1) is 11.8 Å². The van der Waals surface area contributed by atoms with Crippen LogP contribution in [0.4, 0.5) is 0 Å². The lowest BCUT2D eigenvalue weighted by Crippen LogP contribution is -2.37. The van der Waals surface area contributed by atoms with Crippen LogP contribution in [0.1, 0.15) is 6.42 Å². The molecular formula is C5H13ClN2O3S. The molecule has 0 radical (unpaired) electrons. The standard InChI is InChI=1S/C5H12N2O3S.ClH/c1-11(9,10)3-2-4(6)5(7)8;/h4H,2-3,6H2,1H3,(H2,7,8);1H/t4-;/m0./s1. The lowest BCUT2D eigenvalue weighted by Gasteiger charge is -2.04. The second-order valence-electron chi connectivity index (χ2n) is 2.43. The van der Waals surface area contributed by atoms with Gasteiger partial charge in [0, 0.05) is 6.26 Å². The van der Waals surface area contributed by atoms with Crippen LogP contribution in [0.15, 0.2) is 0 Å². The van der Waals surface area contributed by atoms with Gasteiger partial charge in [0.25, 0.3) is 0 Å². The van der Waals surface area contributed by atoms with Crippen molar-refractivity contribution >= 4 is 28.2 Å². The van der Waals surface area contributed by atoms with Crippen LogP contribution >= 0.6 is 12.4 Å². The Hall–Kier alpha value is -0.330. The highest BCUT2D eigenvalue weighted by Crippen LogP contribution is 1.92. The summed E-state index contributed by atoms with van der Waals surface area (Å²) in [7, 11) is -3.04. The van der Waals surface area contributed by atoms with Gasteiger partial charge in [-0.2, -0.15) is 0 Å². The summed E-state index contributed by atoms with van der Waals surface area (Å²) in [6.45, 7) is 0. The van der Waals surface area contributed by atoms with E-state index in [1.54, 1.807) is 0 Å². The van der Waals surface area contributed by atoms with Crippen LogP contribution in [0, 0.1) is 0 Å². The molecule has 0 saturated heterocycles. The Morgan fingerprint density at radius 2 is 1.92 bits per heavy atom. The molecule has 74 valence electrons. The van der Waals surface area contributed by atoms with Gasteiger partial charge in [-0.15, -0.1) is 12.4 Å². The Kier molecular flexibility index (Phi) is 6.32. The molecule has 0 aliphatic rings. The van der Waals surface area contributed by atoms with Gasteiger partial charge in [-0.05, 0) is 6.42 Å². The van der Waals surface area contributed by atoms with Crippen LogP contribution in [-0.4, -0.2) is 32.4 Å². The molecule has 0 rings (SSSR count). The van der Waals surface area contributed by atoms with Crippen molar-refractivity contribution < 1.29 is 13.2 Å². The second kappa shape index (κ2) is 5.34. The number of primary amides is 1. The van der Waals surface area contributed by atoms with Gasteiger partial charge in [0.2, 0.25) is 5.91 Å². The van der Waals surface area contributed by atoms with Crippen molar-refractivity contribution in [2.45, 2.75) is 12.5 Å². The summed E-state index contributed by atoms with van der Waals surface area (Å²) in [5, 5.41) is 0. The normalized spacial score (nSPS) is 13.2. The van der Waals surface area contributed by atoms with Crippen molar-refractivity contribution in [2.75, 3.05) is 12.0 Å². The first-order valence-electron chi connectivity index (χ1n) is 3.05. The number of amides is 1. The van der Waals surface area contributed by atoms with E-state index in [-0.39, 0.29) is 24.6 Å². The number of sulfone groups is 1. The lowest BCUT2D eigenvalue weighted by atomic mass is 10.2. The van der Waals surface area contributed by atoms with Gasteiger partial charge < -0.3 is 11.5 Å². The third kappa shape index (κ3) is 7.77. The molecule has 5 nitrogen and oxygen atoms in total. The molecule has 0 bridgehead atoms. The monoisotopic (exact) mass is 216 g/mol. The topological polar surface area (TPSA) is 103 Å². The van der Waals surface area contributed by atoms with E-state index in [9.17, 15) is 13.2 Å². The maximum Gasteiger partial charge on any atom is 0.234 e. The minimum absolute atomic E-state index is 0. The number of rotatable bonds is 4. The molecule has 1 atom stereocenters. The smallest absolute Gasteiger partial charge is 0.234 e. The zero-order valence-electron chi connectivity index (χ0n) is 6.69. The van der Waals surface area contributed by atoms with Gasteiger partial charge in [-0.3, -0.25) is 4.79 Å². The summed E-state index contributed by atoms with van der Waals surface area (Å²) >= 11 is 0. The summed E-state index contributed by atoms with van der Waals surface area (Å²) in [6.07, 6.45) is 1.18. The predicted molar refractivity (Wildman–Crippen MR) is 48.7 cm³/mol. The summed E-state index contributed by atoms with van der Waals surface area (Å²) in [5.74, 6) is -0.773. The number of hydrogen-bond donors (Lipinski definition) is 2. The van der Waals surface area contributed by atoms with E-state index in [0.717, 1.165) is 6.26 Å². The van der Waals surface area contributed by atoms with E-state index in [1.807, 2.05) is 0 Å². The highest BCUT2D eigenvalue weighted by Gasteiger charge is 2.11. The highest BCUT2D eigenvalue weighted by atomic mass is 35.5. The van der Waals surface area contributed by atoms with Crippen molar-refractivity contribution in [2.24, 2.45) is 11.5 Å². The van der Waals surface area contributed by atoms with Crippen molar-refractivity contribution in [1.29, 1.82) is 0 Å². The van der Waals surface area contributed by atoms with Gasteiger partial charge in [0.15, 0.2) is 0 Å². The number of hydrogen-bond acceptors (Lipinski definition) is 4. The van der Waals surface area contributed by atoms with E-state index < -0.39 is 21.8 Å². The molecule has 0 fully saturated rings.